The van der Waals surface area contributed by atoms with E-state index in [9.17, 15) is 4.39 Å². The van der Waals surface area contributed by atoms with E-state index < -0.39 is 13.4 Å². The van der Waals surface area contributed by atoms with Crippen LogP contribution in [0.5, 0.6) is 0 Å². The van der Waals surface area contributed by atoms with E-state index in [1.165, 1.54) is 0 Å². The van der Waals surface area contributed by atoms with E-state index in [-0.39, 0.29) is 12.2 Å². The Labute approximate surface area is 59.4 Å². The molecule has 1 rings (SSSR count). The highest BCUT2D eigenvalue weighted by molar-refractivity contribution is 6.43. The summed E-state index contributed by atoms with van der Waals surface area (Å²) in [7, 11) is -1.36. The molecule has 5 heteroatoms. The Balaban J connectivity index is 2.32. The molecule has 1 heterocycles. The molecule has 10 heavy (non-hydrogen) atoms. The van der Waals surface area contributed by atoms with E-state index in [1.807, 2.05) is 0 Å². The van der Waals surface area contributed by atoms with Gasteiger partial charge < -0.3 is 10.0 Å². The molecule has 1 aliphatic rings. The van der Waals surface area contributed by atoms with Crippen molar-refractivity contribution in [2.24, 2.45) is 0 Å². The van der Waals surface area contributed by atoms with Crippen molar-refractivity contribution in [1.82, 2.24) is 5.32 Å². The molecule has 1 fully saturated rings. The molecule has 1 saturated heterocycles. The van der Waals surface area contributed by atoms with Crippen LogP contribution >= 0.6 is 0 Å². The Hall–Kier alpha value is -0.125. The lowest BCUT2D eigenvalue weighted by molar-refractivity contribution is 0.208. The molecule has 0 spiro atoms. The molecule has 3 nitrogen and oxygen atoms in total. The molecule has 2 unspecified atom stereocenters. The van der Waals surface area contributed by atoms with Crippen molar-refractivity contribution in [3.8, 4) is 0 Å². The zero-order chi connectivity index (χ0) is 7.56. The molecule has 2 atom stereocenters. The van der Waals surface area contributed by atoms with Crippen LogP contribution in [0.15, 0.2) is 0 Å². The number of halogens is 1. The molecule has 58 valence electrons. The molecule has 3 N–H and O–H groups in total. The van der Waals surface area contributed by atoms with E-state index in [0.29, 0.717) is 13.0 Å². The lowest BCUT2D eigenvalue weighted by Crippen LogP contribution is -2.38. The minimum atomic E-state index is -1.36. The van der Waals surface area contributed by atoms with Crippen molar-refractivity contribution < 1.29 is 14.4 Å². The van der Waals surface area contributed by atoms with Gasteiger partial charge in [-0.3, -0.25) is 5.32 Å². The lowest BCUT2D eigenvalue weighted by atomic mass is 9.68. The van der Waals surface area contributed by atoms with Crippen LogP contribution in [0.25, 0.3) is 0 Å². The summed E-state index contributed by atoms with van der Waals surface area (Å²) in [6, 6.07) is 0. The first kappa shape index (κ1) is 7.98. The Morgan fingerprint density at radius 3 is 2.60 bits per heavy atom. The second-order valence-corrected chi connectivity index (χ2v) is 2.62. The summed E-state index contributed by atoms with van der Waals surface area (Å²) in [6.45, 7) is 0.531. The third-order valence-electron chi connectivity index (χ3n) is 1.81. The van der Waals surface area contributed by atoms with Gasteiger partial charge in [-0.05, 0) is 25.2 Å². The van der Waals surface area contributed by atoms with Gasteiger partial charge in [0.15, 0.2) is 6.30 Å². The maximum Gasteiger partial charge on any atom is 0.454 e. The number of hydrogen-bond acceptors (Lipinski definition) is 3. The molecule has 0 radical (unpaired) electrons. The molecular weight excluding hydrogens is 136 g/mol. The zero-order valence-corrected chi connectivity index (χ0v) is 5.63. The van der Waals surface area contributed by atoms with E-state index in [1.54, 1.807) is 0 Å². The van der Waals surface area contributed by atoms with Gasteiger partial charge in [-0.1, -0.05) is 0 Å². The Morgan fingerprint density at radius 1 is 1.50 bits per heavy atom. The summed E-state index contributed by atoms with van der Waals surface area (Å²) in [5.41, 5.74) is 0. The fourth-order valence-corrected chi connectivity index (χ4v) is 1.16. The number of rotatable bonds is 1. The number of hydrogen-bond donors (Lipinski definition) is 3. The van der Waals surface area contributed by atoms with Gasteiger partial charge in [0.2, 0.25) is 0 Å². The summed E-state index contributed by atoms with van der Waals surface area (Å²) in [5, 5.41) is 19.9. The van der Waals surface area contributed by atoms with Crippen LogP contribution < -0.4 is 5.32 Å². The maximum atomic E-state index is 12.5. The van der Waals surface area contributed by atoms with Crippen LogP contribution in [-0.2, 0) is 0 Å². The summed E-state index contributed by atoms with van der Waals surface area (Å²) < 4.78 is 12.5. The van der Waals surface area contributed by atoms with Crippen molar-refractivity contribution in [2.45, 2.75) is 25.0 Å². The average Bonchev–Trinajstić information content (AvgIpc) is 1.88. The fraction of sp³-hybridized carbons (Fsp3) is 1.00. The second-order valence-electron chi connectivity index (χ2n) is 2.62. The van der Waals surface area contributed by atoms with Crippen LogP contribution in [0.2, 0.25) is 5.82 Å². The minimum Gasteiger partial charge on any atom is -0.427 e. The van der Waals surface area contributed by atoms with Gasteiger partial charge in [-0.15, -0.1) is 0 Å². The first-order valence-electron chi connectivity index (χ1n) is 3.43. The van der Waals surface area contributed by atoms with Crippen LogP contribution in [0.3, 0.4) is 0 Å². The Bertz CT molecular complexity index is 114. The van der Waals surface area contributed by atoms with Gasteiger partial charge >= 0.3 is 7.12 Å². The van der Waals surface area contributed by atoms with Crippen molar-refractivity contribution in [2.75, 3.05) is 6.54 Å². The van der Waals surface area contributed by atoms with E-state index in [2.05, 4.69) is 5.32 Å². The SMILES string of the molecule is OB(O)C1CCNC(F)C1. The van der Waals surface area contributed by atoms with Crippen LogP contribution in [0.4, 0.5) is 4.39 Å². The topological polar surface area (TPSA) is 52.5 Å². The van der Waals surface area contributed by atoms with Gasteiger partial charge in [0.25, 0.3) is 0 Å². The third-order valence-corrected chi connectivity index (χ3v) is 1.81. The largest absolute Gasteiger partial charge is 0.454 e. The normalized spacial score (nSPS) is 33.9. The monoisotopic (exact) mass is 147 g/mol. The molecule has 0 aromatic rings. The fourth-order valence-electron chi connectivity index (χ4n) is 1.16. The van der Waals surface area contributed by atoms with Crippen molar-refractivity contribution in [3.63, 3.8) is 0 Å². The molecular formula is C5H11BFNO2. The predicted molar refractivity (Wildman–Crippen MR) is 36.1 cm³/mol. The average molecular weight is 147 g/mol. The number of piperidine rings is 1. The highest BCUT2D eigenvalue weighted by Crippen LogP contribution is 2.23. The maximum absolute atomic E-state index is 12.5. The van der Waals surface area contributed by atoms with E-state index in [4.69, 9.17) is 10.0 Å². The van der Waals surface area contributed by atoms with Gasteiger partial charge in [0.05, 0.1) is 0 Å². The standard InChI is InChI=1S/C5H11BFNO2/c7-5-3-4(6(9)10)1-2-8-5/h4-5,8-10H,1-3H2. The molecule has 0 bridgehead atoms. The molecule has 0 amide bonds. The van der Waals surface area contributed by atoms with E-state index in [0.717, 1.165) is 0 Å². The van der Waals surface area contributed by atoms with Crippen LogP contribution in [0, 0.1) is 0 Å². The van der Waals surface area contributed by atoms with Gasteiger partial charge in [-0.2, -0.15) is 0 Å². The zero-order valence-electron chi connectivity index (χ0n) is 5.63. The summed E-state index contributed by atoms with van der Waals surface area (Å²) in [5.74, 6) is -0.295. The summed E-state index contributed by atoms with van der Waals surface area (Å²) in [6.07, 6.45) is -0.226. The highest BCUT2D eigenvalue weighted by Gasteiger charge is 2.29. The smallest absolute Gasteiger partial charge is 0.427 e. The van der Waals surface area contributed by atoms with Crippen LogP contribution in [0.1, 0.15) is 12.8 Å². The minimum absolute atomic E-state index is 0.206. The summed E-state index contributed by atoms with van der Waals surface area (Å²) in [4.78, 5) is 0. The molecule has 1 aliphatic heterocycles. The molecule has 0 aliphatic carbocycles. The molecule has 0 saturated carbocycles. The van der Waals surface area contributed by atoms with Gasteiger partial charge in [-0.25, -0.2) is 4.39 Å². The van der Waals surface area contributed by atoms with Gasteiger partial charge in [0.1, 0.15) is 0 Å². The molecule has 0 aromatic heterocycles. The van der Waals surface area contributed by atoms with E-state index >= 15 is 0 Å². The van der Waals surface area contributed by atoms with Gasteiger partial charge in [0, 0.05) is 0 Å². The van der Waals surface area contributed by atoms with Crippen molar-refractivity contribution in [3.05, 3.63) is 0 Å². The Kier molecular flexibility index (Phi) is 2.65. The quantitative estimate of drug-likeness (QED) is 0.346. The Morgan fingerprint density at radius 2 is 2.20 bits per heavy atom. The molecule has 0 aromatic carbocycles. The van der Waals surface area contributed by atoms with Crippen LogP contribution in [-0.4, -0.2) is 30.0 Å². The predicted octanol–water partition coefficient (Wildman–Crippen LogP) is -0.492. The van der Waals surface area contributed by atoms with Crippen molar-refractivity contribution in [1.29, 1.82) is 0 Å². The lowest BCUT2D eigenvalue weighted by Gasteiger charge is -2.24. The first-order chi connectivity index (χ1) is 4.70. The number of alkyl halides is 1. The van der Waals surface area contributed by atoms with Crippen molar-refractivity contribution >= 4 is 7.12 Å². The second kappa shape index (κ2) is 3.32. The number of nitrogens with one attached hydrogen (secondary N) is 1. The third kappa shape index (κ3) is 1.93. The highest BCUT2D eigenvalue weighted by atomic mass is 19.1. The first-order valence-corrected chi connectivity index (χ1v) is 3.43. The summed E-state index contributed by atoms with van der Waals surface area (Å²) >= 11 is 0.